The lowest BCUT2D eigenvalue weighted by atomic mass is 9.98. The van der Waals surface area contributed by atoms with E-state index < -0.39 is 0 Å². The molecule has 0 saturated carbocycles. The van der Waals surface area contributed by atoms with Gasteiger partial charge >= 0.3 is 0 Å². The van der Waals surface area contributed by atoms with Crippen LogP contribution in [0.1, 0.15) is 48.1 Å². The molecule has 0 bridgehead atoms. The van der Waals surface area contributed by atoms with Crippen LogP contribution in [0.25, 0.3) is 17.2 Å². The molecular weight excluding hydrogens is 280 g/mol. The van der Waals surface area contributed by atoms with Crippen molar-refractivity contribution < 1.29 is 4.79 Å². The zero-order chi connectivity index (χ0) is 16.6. The van der Waals surface area contributed by atoms with Gasteiger partial charge in [0.1, 0.15) is 5.78 Å². The standard InChI is InChI=1S/C22H22O/c1-14-5-8-18(9-6-14)13-21-17(4)20(12-16(3)23)22-11-15(2)7-10-19(21)22/h5-11,13H,12H2,1-4H3/b21-13-. The van der Waals surface area contributed by atoms with Crippen LogP contribution in [0, 0.1) is 13.8 Å². The van der Waals surface area contributed by atoms with Crippen molar-refractivity contribution >= 4 is 23.0 Å². The summed E-state index contributed by atoms with van der Waals surface area (Å²) in [6.45, 7) is 7.99. The molecule has 1 nitrogen and oxygen atoms in total. The summed E-state index contributed by atoms with van der Waals surface area (Å²) in [5, 5.41) is 0. The van der Waals surface area contributed by atoms with Gasteiger partial charge in [-0.25, -0.2) is 0 Å². The Morgan fingerprint density at radius 1 is 0.913 bits per heavy atom. The summed E-state index contributed by atoms with van der Waals surface area (Å²) in [4.78, 5) is 11.7. The van der Waals surface area contributed by atoms with Crippen LogP contribution in [-0.2, 0) is 4.79 Å². The molecule has 0 heterocycles. The van der Waals surface area contributed by atoms with E-state index >= 15 is 0 Å². The average Bonchev–Trinajstić information content (AvgIpc) is 2.74. The van der Waals surface area contributed by atoms with Crippen molar-refractivity contribution in [2.24, 2.45) is 0 Å². The molecule has 1 aliphatic rings. The fraction of sp³-hybridized carbons (Fsp3) is 0.227. The Hall–Kier alpha value is -2.41. The Kier molecular flexibility index (Phi) is 4.04. The van der Waals surface area contributed by atoms with Crippen molar-refractivity contribution in [3.05, 3.63) is 75.9 Å². The number of benzene rings is 2. The Morgan fingerprint density at radius 3 is 2.22 bits per heavy atom. The predicted molar refractivity (Wildman–Crippen MR) is 98.1 cm³/mol. The number of rotatable bonds is 3. The molecule has 0 aliphatic heterocycles. The summed E-state index contributed by atoms with van der Waals surface area (Å²) in [7, 11) is 0. The van der Waals surface area contributed by atoms with E-state index in [1.807, 2.05) is 0 Å². The lowest BCUT2D eigenvalue weighted by molar-refractivity contribution is -0.116. The molecule has 2 aromatic rings. The first-order valence-electron chi connectivity index (χ1n) is 8.05. The number of hydrogen-bond donors (Lipinski definition) is 0. The third-order valence-corrected chi connectivity index (χ3v) is 4.46. The van der Waals surface area contributed by atoms with Crippen molar-refractivity contribution in [1.29, 1.82) is 0 Å². The van der Waals surface area contributed by atoms with Crippen LogP contribution in [0.15, 0.2) is 48.0 Å². The van der Waals surface area contributed by atoms with E-state index in [1.54, 1.807) is 6.92 Å². The molecule has 0 aromatic heterocycles. The molecule has 0 saturated heterocycles. The summed E-state index contributed by atoms with van der Waals surface area (Å²) in [5.41, 5.74) is 9.78. The molecule has 0 unspecified atom stereocenters. The Balaban J connectivity index is 2.15. The molecule has 116 valence electrons. The molecular formula is C22H22O. The molecule has 0 N–H and O–H groups in total. The first kappa shape index (κ1) is 15.5. The van der Waals surface area contributed by atoms with E-state index in [0.29, 0.717) is 6.42 Å². The summed E-state index contributed by atoms with van der Waals surface area (Å²) in [6, 6.07) is 15.1. The van der Waals surface area contributed by atoms with Gasteiger partial charge in [-0.05, 0) is 67.2 Å². The first-order valence-corrected chi connectivity index (χ1v) is 8.05. The summed E-state index contributed by atoms with van der Waals surface area (Å²) >= 11 is 0. The SMILES string of the molecule is CC(=O)CC1=C(C)/C(=C/c2ccc(C)cc2)c2ccc(C)cc21. The fourth-order valence-corrected chi connectivity index (χ4v) is 3.20. The van der Waals surface area contributed by atoms with Crippen LogP contribution in [0.2, 0.25) is 0 Å². The van der Waals surface area contributed by atoms with Gasteiger partial charge in [-0.3, -0.25) is 4.79 Å². The van der Waals surface area contributed by atoms with E-state index in [2.05, 4.69) is 69.3 Å². The van der Waals surface area contributed by atoms with Crippen molar-refractivity contribution in [2.45, 2.75) is 34.1 Å². The zero-order valence-electron chi connectivity index (χ0n) is 14.2. The number of fused-ring (bicyclic) bond motifs is 1. The van der Waals surface area contributed by atoms with Gasteiger partial charge in [0.05, 0.1) is 0 Å². The van der Waals surface area contributed by atoms with E-state index in [4.69, 9.17) is 0 Å². The Bertz CT molecular complexity index is 833. The highest BCUT2D eigenvalue weighted by atomic mass is 16.1. The number of carbonyl (C=O) groups excluding carboxylic acids is 1. The van der Waals surface area contributed by atoms with Gasteiger partial charge in [0.25, 0.3) is 0 Å². The molecule has 23 heavy (non-hydrogen) atoms. The van der Waals surface area contributed by atoms with Gasteiger partial charge in [-0.1, -0.05) is 53.6 Å². The normalized spacial score (nSPS) is 15.2. The Morgan fingerprint density at radius 2 is 1.57 bits per heavy atom. The van der Waals surface area contributed by atoms with Crippen LogP contribution >= 0.6 is 0 Å². The first-order chi connectivity index (χ1) is 11.0. The zero-order valence-corrected chi connectivity index (χ0v) is 14.2. The highest BCUT2D eigenvalue weighted by Gasteiger charge is 2.24. The van der Waals surface area contributed by atoms with Crippen LogP contribution in [0.5, 0.6) is 0 Å². The summed E-state index contributed by atoms with van der Waals surface area (Å²) in [5.74, 6) is 0.211. The molecule has 3 rings (SSSR count). The second kappa shape index (κ2) is 6.00. The van der Waals surface area contributed by atoms with Gasteiger partial charge < -0.3 is 0 Å². The molecule has 1 heteroatoms. The van der Waals surface area contributed by atoms with Crippen LogP contribution in [0.3, 0.4) is 0 Å². The number of carbonyl (C=O) groups is 1. The third-order valence-electron chi connectivity index (χ3n) is 4.46. The number of Topliss-reactive ketones (excluding diaryl/α,β-unsaturated/α-hetero) is 1. The van der Waals surface area contributed by atoms with Crippen LogP contribution < -0.4 is 0 Å². The van der Waals surface area contributed by atoms with E-state index in [1.165, 1.54) is 44.5 Å². The fourth-order valence-electron chi connectivity index (χ4n) is 3.20. The van der Waals surface area contributed by atoms with Crippen LogP contribution in [0.4, 0.5) is 0 Å². The molecule has 2 aromatic carbocycles. The van der Waals surface area contributed by atoms with E-state index in [-0.39, 0.29) is 5.78 Å². The third kappa shape index (κ3) is 3.05. The minimum atomic E-state index is 0.211. The molecule has 1 aliphatic carbocycles. The van der Waals surface area contributed by atoms with Crippen molar-refractivity contribution in [2.75, 3.05) is 0 Å². The predicted octanol–water partition coefficient (Wildman–Crippen LogP) is 5.61. The molecule has 0 spiro atoms. The van der Waals surface area contributed by atoms with Crippen molar-refractivity contribution in [3.63, 3.8) is 0 Å². The minimum absolute atomic E-state index is 0.211. The summed E-state index contributed by atoms with van der Waals surface area (Å²) in [6.07, 6.45) is 2.74. The smallest absolute Gasteiger partial charge is 0.134 e. The quantitative estimate of drug-likeness (QED) is 0.720. The monoisotopic (exact) mass is 302 g/mol. The van der Waals surface area contributed by atoms with Crippen LogP contribution in [-0.4, -0.2) is 5.78 Å². The maximum absolute atomic E-state index is 11.7. The van der Waals surface area contributed by atoms with Crippen molar-refractivity contribution in [3.8, 4) is 0 Å². The Labute approximate surface area is 138 Å². The van der Waals surface area contributed by atoms with Gasteiger partial charge in [0, 0.05) is 6.42 Å². The average molecular weight is 302 g/mol. The number of ketones is 1. The highest BCUT2D eigenvalue weighted by Crippen LogP contribution is 2.43. The van der Waals surface area contributed by atoms with Gasteiger partial charge in [0.2, 0.25) is 0 Å². The second-order valence-corrected chi connectivity index (χ2v) is 6.50. The number of allylic oxidation sites excluding steroid dienone is 3. The van der Waals surface area contributed by atoms with Crippen molar-refractivity contribution in [1.82, 2.24) is 0 Å². The largest absolute Gasteiger partial charge is 0.300 e. The second-order valence-electron chi connectivity index (χ2n) is 6.50. The maximum atomic E-state index is 11.7. The van der Waals surface area contributed by atoms with Gasteiger partial charge in [-0.15, -0.1) is 0 Å². The number of aryl methyl sites for hydroxylation is 2. The topological polar surface area (TPSA) is 17.1 Å². The molecule has 0 radical (unpaired) electrons. The maximum Gasteiger partial charge on any atom is 0.134 e. The molecule has 0 fully saturated rings. The van der Waals surface area contributed by atoms with Gasteiger partial charge in [-0.2, -0.15) is 0 Å². The van der Waals surface area contributed by atoms with E-state index in [9.17, 15) is 4.79 Å². The van der Waals surface area contributed by atoms with E-state index in [0.717, 1.165) is 0 Å². The highest BCUT2D eigenvalue weighted by molar-refractivity contribution is 6.08. The lowest BCUT2D eigenvalue weighted by Gasteiger charge is -2.06. The minimum Gasteiger partial charge on any atom is -0.300 e. The summed E-state index contributed by atoms with van der Waals surface area (Å²) < 4.78 is 0. The number of hydrogen-bond acceptors (Lipinski definition) is 1. The molecule has 0 amide bonds. The lowest BCUT2D eigenvalue weighted by Crippen LogP contribution is -1.93. The molecule has 0 atom stereocenters. The van der Waals surface area contributed by atoms with Gasteiger partial charge in [0.15, 0.2) is 0 Å².